The van der Waals surface area contributed by atoms with Crippen molar-refractivity contribution in [1.29, 1.82) is 0 Å². The normalized spacial score (nSPS) is 12.0. The molecule has 1 aromatic carbocycles. The SMILES string of the molecule is CCOc1ccc(C(N)C(=O)NN)cc1Cl. The first kappa shape index (κ1) is 12.8. The lowest BCUT2D eigenvalue weighted by molar-refractivity contribution is -0.122. The molecule has 0 aliphatic heterocycles. The number of benzene rings is 1. The molecule has 1 amide bonds. The van der Waals surface area contributed by atoms with Gasteiger partial charge in [0.05, 0.1) is 11.6 Å². The Balaban J connectivity index is 2.92. The number of halogens is 1. The van der Waals surface area contributed by atoms with Gasteiger partial charge in [0.2, 0.25) is 0 Å². The Morgan fingerprint density at radius 2 is 2.31 bits per heavy atom. The predicted molar refractivity (Wildman–Crippen MR) is 61.9 cm³/mol. The molecule has 0 radical (unpaired) electrons. The van der Waals surface area contributed by atoms with Crippen molar-refractivity contribution in [2.45, 2.75) is 13.0 Å². The zero-order valence-electron chi connectivity index (χ0n) is 8.87. The van der Waals surface area contributed by atoms with Crippen molar-refractivity contribution in [3.63, 3.8) is 0 Å². The smallest absolute Gasteiger partial charge is 0.255 e. The number of nitrogens with one attached hydrogen (secondary N) is 1. The summed E-state index contributed by atoms with van der Waals surface area (Å²) in [4.78, 5) is 11.2. The van der Waals surface area contributed by atoms with Gasteiger partial charge in [-0.25, -0.2) is 5.84 Å². The molecule has 1 atom stereocenters. The first-order valence-electron chi connectivity index (χ1n) is 4.78. The maximum Gasteiger partial charge on any atom is 0.255 e. The number of rotatable bonds is 4. The topological polar surface area (TPSA) is 90.4 Å². The van der Waals surface area contributed by atoms with Gasteiger partial charge in [-0.1, -0.05) is 17.7 Å². The molecule has 1 rings (SSSR count). The second-order valence-electron chi connectivity index (χ2n) is 3.11. The molecule has 0 aliphatic rings. The average Bonchev–Trinajstić information content (AvgIpc) is 2.30. The van der Waals surface area contributed by atoms with Crippen molar-refractivity contribution < 1.29 is 9.53 Å². The van der Waals surface area contributed by atoms with Gasteiger partial charge < -0.3 is 10.5 Å². The van der Waals surface area contributed by atoms with E-state index in [9.17, 15) is 4.79 Å². The van der Waals surface area contributed by atoms with Crippen LogP contribution in [0.5, 0.6) is 5.75 Å². The Hall–Kier alpha value is -1.30. The van der Waals surface area contributed by atoms with E-state index in [1.807, 2.05) is 12.3 Å². The van der Waals surface area contributed by atoms with E-state index < -0.39 is 11.9 Å². The minimum atomic E-state index is -0.835. The van der Waals surface area contributed by atoms with Crippen molar-refractivity contribution >= 4 is 17.5 Å². The number of nitrogens with two attached hydrogens (primary N) is 2. The highest BCUT2D eigenvalue weighted by Gasteiger charge is 2.15. The van der Waals surface area contributed by atoms with Crippen LogP contribution in [-0.2, 0) is 4.79 Å². The first-order chi connectivity index (χ1) is 7.60. The summed E-state index contributed by atoms with van der Waals surface area (Å²) in [5.41, 5.74) is 8.21. The predicted octanol–water partition coefficient (Wildman–Crippen LogP) is 0.728. The zero-order valence-corrected chi connectivity index (χ0v) is 9.62. The highest BCUT2D eigenvalue weighted by Crippen LogP contribution is 2.27. The van der Waals surface area contributed by atoms with E-state index in [1.54, 1.807) is 18.2 Å². The summed E-state index contributed by atoms with van der Waals surface area (Å²) in [7, 11) is 0. The molecular weight excluding hydrogens is 230 g/mol. The molecule has 0 spiro atoms. The van der Waals surface area contributed by atoms with Gasteiger partial charge in [0.25, 0.3) is 5.91 Å². The van der Waals surface area contributed by atoms with Crippen LogP contribution < -0.4 is 21.7 Å². The third kappa shape index (κ3) is 2.85. The second kappa shape index (κ2) is 5.69. The maximum absolute atomic E-state index is 11.2. The van der Waals surface area contributed by atoms with Gasteiger partial charge in [0.1, 0.15) is 11.8 Å². The van der Waals surface area contributed by atoms with Gasteiger partial charge in [-0.3, -0.25) is 10.2 Å². The van der Waals surface area contributed by atoms with Crippen LogP contribution in [-0.4, -0.2) is 12.5 Å². The lowest BCUT2D eigenvalue weighted by Crippen LogP contribution is -2.38. The Kier molecular flexibility index (Phi) is 4.54. The van der Waals surface area contributed by atoms with Crippen LogP contribution in [0.2, 0.25) is 5.02 Å². The summed E-state index contributed by atoms with van der Waals surface area (Å²) in [5, 5.41) is 0.416. The Morgan fingerprint density at radius 3 is 2.81 bits per heavy atom. The summed E-state index contributed by atoms with van der Waals surface area (Å²) < 4.78 is 5.26. The van der Waals surface area contributed by atoms with Crippen LogP contribution in [0, 0.1) is 0 Å². The minimum Gasteiger partial charge on any atom is -0.492 e. The molecule has 16 heavy (non-hydrogen) atoms. The van der Waals surface area contributed by atoms with Gasteiger partial charge in [-0.05, 0) is 24.6 Å². The minimum absolute atomic E-state index is 0.416. The van der Waals surface area contributed by atoms with Crippen molar-refractivity contribution in [3.8, 4) is 5.75 Å². The standard InChI is InChI=1S/C10H14ClN3O2/c1-2-16-8-4-3-6(5-7(8)11)9(12)10(15)14-13/h3-5,9H,2,12-13H2,1H3,(H,14,15). The molecule has 0 saturated carbocycles. The van der Waals surface area contributed by atoms with Crippen molar-refractivity contribution in [2.24, 2.45) is 11.6 Å². The molecule has 0 fully saturated rings. The van der Waals surface area contributed by atoms with Crippen molar-refractivity contribution in [3.05, 3.63) is 28.8 Å². The monoisotopic (exact) mass is 243 g/mol. The molecule has 0 aromatic heterocycles. The van der Waals surface area contributed by atoms with E-state index in [1.165, 1.54) is 0 Å². The number of carbonyl (C=O) groups is 1. The average molecular weight is 244 g/mol. The molecule has 0 bridgehead atoms. The summed E-state index contributed by atoms with van der Waals surface area (Å²) in [6, 6.07) is 4.10. The summed E-state index contributed by atoms with van der Waals surface area (Å²) in [6.45, 7) is 2.38. The molecular formula is C10H14ClN3O2. The van der Waals surface area contributed by atoms with Crippen LogP contribution in [0.3, 0.4) is 0 Å². The largest absolute Gasteiger partial charge is 0.492 e. The Bertz CT molecular complexity index is 384. The van der Waals surface area contributed by atoms with Gasteiger partial charge >= 0.3 is 0 Å². The van der Waals surface area contributed by atoms with Gasteiger partial charge in [0.15, 0.2) is 0 Å². The Morgan fingerprint density at radius 1 is 1.62 bits per heavy atom. The molecule has 0 aliphatic carbocycles. The molecule has 1 unspecified atom stereocenters. The first-order valence-corrected chi connectivity index (χ1v) is 5.16. The number of carbonyl (C=O) groups excluding carboxylic acids is 1. The van der Waals surface area contributed by atoms with Gasteiger partial charge in [0, 0.05) is 0 Å². The quantitative estimate of drug-likeness (QED) is 0.413. The third-order valence-corrected chi connectivity index (χ3v) is 2.33. The van der Waals surface area contributed by atoms with Crippen LogP contribution in [0.15, 0.2) is 18.2 Å². The van der Waals surface area contributed by atoms with Crippen molar-refractivity contribution in [1.82, 2.24) is 5.43 Å². The molecule has 5 N–H and O–H groups in total. The highest BCUT2D eigenvalue weighted by atomic mass is 35.5. The molecule has 1 aromatic rings. The lowest BCUT2D eigenvalue weighted by Gasteiger charge is -2.12. The van der Waals surface area contributed by atoms with Crippen LogP contribution in [0.4, 0.5) is 0 Å². The van der Waals surface area contributed by atoms with E-state index in [2.05, 4.69) is 0 Å². The number of hydrazine groups is 1. The van der Waals surface area contributed by atoms with Gasteiger partial charge in [-0.2, -0.15) is 0 Å². The summed E-state index contributed by atoms with van der Waals surface area (Å²) >= 11 is 5.96. The molecule has 6 heteroatoms. The van der Waals surface area contributed by atoms with Crippen molar-refractivity contribution in [2.75, 3.05) is 6.61 Å². The fourth-order valence-electron chi connectivity index (χ4n) is 1.22. The molecule has 88 valence electrons. The van der Waals surface area contributed by atoms with Crippen LogP contribution in [0.25, 0.3) is 0 Å². The highest BCUT2D eigenvalue weighted by molar-refractivity contribution is 6.32. The number of hydrogen-bond donors (Lipinski definition) is 3. The Labute approximate surface area is 98.7 Å². The van der Waals surface area contributed by atoms with Crippen LogP contribution in [0.1, 0.15) is 18.5 Å². The lowest BCUT2D eigenvalue weighted by atomic mass is 10.1. The maximum atomic E-state index is 11.2. The van der Waals surface area contributed by atoms with E-state index in [0.29, 0.717) is 22.9 Å². The number of ether oxygens (including phenoxy) is 1. The fourth-order valence-corrected chi connectivity index (χ4v) is 1.47. The van der Waals surface area contributed by atoms with E-state index >= 15 is 0 Å². The third-order valence-electron chi connectivity index (χ3n) is 2.04. The summed E-state index contributed by atoms with van der Waals surface area (Å²) in [5.74, 6) is 5.08. The van der Waals surface area contributed by atoms with Crippen LogP contribution >= 0.6 is 11.6 Å². The molecule has 0 heterocycles. The summed E-state index contributed by atoms with van der Waals surface area (Å²) in [6.07, 6.45) is 0. The van der Waals surface area contributed by atoms with Gasteiger partial charge in [-0.15, -0.1) is 0 Å². The van der Waals surface area contributed by atoms with E-state index in [0.717, 1.165) is 0 Å². The number of hydrogen-bond acceptors (Lipinski definition) is 4. The molecule has 0 saturated heterocycles. The second-order valence-corrected chi connectivity index (χ2v) is 3.52. The molecule has 5 nitrogen and oxygen atoms in total. The fraction of sp³-hybridized carbons (Fsp3) is 0.300. The zero-order chi connectivity index (χ0) is 12.1. The number of amides is 1. The van der Waals surface area contributed by atoms with E-state index in [4.69, 9.17) is 27.9 Å². The van der Waals surface area contributed by atoms with E-state index in [-0.39, 0.29) is 0 Å².